The van der Waals surface area contributed by atoms with Crippen molar-refractivity contribution in [2.75, 3.05) is 13.1 Å². The molecule has 1 aliphatic heterocycles. The molecule has 5 rings (SSSR count). The number of hydrogen-bond acceptors (Lipinski definition) is 5. The Balaban J connectivity index is 1.21. The number of ether oxygens (including phenoxy) is 1. The van der Waals surface area contributed by atoms with Crippen molar-refractivity contribution >= 4 is 28.8 Å². The van der Waals surface area contributed by atoms with Gasteiger partial charge in [0.15, 0.2) is 17.1 Å². The lowest BCUT2D eigenvalue weighted by atomic mass is 10.0. The molecule has 0 atom stereocenters. The summed E-state index contributed by atoms with van der Waals surface area (Å²) in [5.41, 5.74) is 3.10. The Morgan fingerprint density at radius 2 is 1.82 bits per heavy atom. The van der Waals surface area contributed by atoms with E-state index in [1.807, 2.05) is 48.5 Å². The lowest BCUT2D eigenvalue weighted by Crippen LogP contribution is -2.42. The van der Waals surface area contributed by atoms with Gasteiger partial charge >= 0.3 is 0 Å². The van der Waals surface area contributed by atoms with Crippen LogP contribution in [0.25, 0.3) is 11.1 Å². The van der Waals surface area contributed by atoms with Crippen LogP contribution in [-0.4, -0.2) is 35.0 Å². The number of nitrogens with zero attached hydrogens (tertiary/aromatic N) is 2. The highest BCUT2D eigenvalue weighted by Gasteiger charge is 2.26. The minimum atomic E-state index is -0.719. The third-order valence-corrected chi connectivity index (χ3v) is 6.67. The number of likely N-dealkylation sites (tertiary alicyclic amines) is 1. The molecule has 0 N–H and O–H groups in total. The molecule has 1 amide bonds. The summed E-state index contributed by atoms with van der Waals surface area (Å²) in [6.07, 6.45) is 0.916. The van der Waals surface area contributed by atoms with Crippen molar-refractivity contribution in [1.29, 1.82) is 0 Å². The number of fused-ring (bicyclic) bond motifs is 1. The van der Waals surface area contributed by atoms with Gasteiger partial charge < -0.3 is 14.1 Å². The fourth-order valence-corrected chi connectivity index (χ4v) is 4.85. The van der Waals surface area contributed by atoms with Crippen molar-refractivity contribution in [1.82, 2.24) is 9.88 Å². The molecule has 0 spiro atoms. The van der Waals surface area contributed by atoms with Crippen molar-refractivity contribution in [3.8, 4) is 5.75 Å². The van der Waals surface area contributed by atoms with Crippen molar-refractivity contribution in [3.63, 3.8) is 0 Å². The van der Waals surface area contributed by atoms with Crippen LogP contribution in [0, 0.1) is 11.6 Å². The first kappa shape index (κ1) is 22.4. The van der Waals surface area contributed by atoms with Crippen molar-refractivity contribution in [2.45, 2.75) is 29.9 Å². The van der Waals surface area contributed by atoms with Crippen molar-refractivity contribution in [2.24, 2.45) is 0 Å². The van der Waals surface area contributed by atoms with Gasteiger partial charge in [-0.05, 0) is 35.9 Å². The van der Waals surface area contributed by atoms with Gasteiger partial charge in [0.2, 0.25) is 0 Å². The average molecular weight is 481 g/mol. The zero-order chi connectivity index (χ0) is 23.5. The summed E-state index contributed by atoms with van der Waals surface area (Å²) in [6, 6.07) is 18.4. The maximum Gasteiger partial charge on any atom is 0.257 e. The maximum atomic E-state index is 13.9. The van der Waals surface area contributed by atoms with Gasteiger partial charge in [0.05, 0.1) is 0 Å². The fourth-order valence-electron chi connectivity index (χ4n) is 4.00. The quantitative estimate of drug-likeness (QED) is 0.313. The molecule has 0 radical (unpaired) electrons. The van der Waals surface area contributed by atoms with Crippen LogP contribution in [-0.2, 0) is 5.75 Å². The van der Waals surface area contributed by atoms with E-state index < -0.39 is 11.6 Å². The van der Waals surface area contributed by atoms with Crippen LogP contribution in [0.4, 0.5) is 8.78 Å². The van der Waals surface area contributed by atoms with Crippen LogP contribution in [0.2, 0.25) is 0 Å². The van der Waals surface area contributed by atoms with Gasteiger partial charge in [-0.3, -0.25) is 4.79 Å². The molecule has 5 nitrogen and oxygen atoms in total. The Bertz CT molecular complexity index is 1290. The second kappa shape index (κ2) is 9.85. The molecule has 0 aliphatic carbocycles. The molecule has 8 heteroatoms. The summed E-state index contributed by atoms with van der Waals surface area (Å²) < 4.78 is 38.5. The van der Waals surface area contributed by atoms with Gasteiger partial charge in [0.1, 0.15) is 17.4 Å². The first-order valence-electron chi connectivity index (χ1n) is 11.0. The molecular formula is C26H22F2N2O3S. The number of aromatic nitrogens is 1. The number of halogens is 2. The second-order valence-corrected chi connectivity index (χ2v) is 9.00. The molecule has 4 aromatic rings. The predicted octanol–water partition coefficient (Wildman–Crippen LogP) is 6.08. The van der Waals surface area contributed by atoms with Crippen molar-refractivity contribution in [3.05, 3.63) is 89.5 Å². The number of thioether (sulfide) groups is 1. The Morgan fingerprint density at radius 1 is 1.06 bits per heavy atom. The topological polar surface area (TPSA) is 55.6 Å². The van der Waals surface area contributed by atoms with Gasteiger partial charge in [-0.2, -0.15) is 0 Å². The Hall–Kier alpha value is -3.39. The van der Waals surface area contributed by atoms with Gasteiger partial charge in [0, 0.05) is 43.3 Å². The Kier molecular flexibility index (Phi) is 6.49. The molecule has 0 bridgehead atoms. The number of carbonyl (C=O) groups is 1. The molecule has 1 fully saturated rings. The molecule has 174 valence electrons. The van der Waals surface area contributed by atoms with E-state index in [0.717, 1.165) is 22.7 Å². The minimum Gasteiger partial charge on any atom is -0.487 e. The zero-order valence-corrected chi connectivity index (χ0v) is 19.1. The molecule has 1 saturated heterocycles. The van der Waals surface area contributed by atoms with E-state index in [2.05, 4.69) is 4.98 Å². The van der Waals surface area contributed by atoms with Crippen LogP contribution in [0.1, 0.15) is 28.8 Å². The predicted molar refractivity (Wildman–Crippen MR) is 126 cm³/mol. The van der Waals surface area contributed by atoms with Gasteiger partial charge in [-0.15, -0.1) is 0 Å². The van der Waals surface area contributed by atoms with Crippen molar-refractivity contribution < 1.29 is 22.7 Å². The maximum absolute atomic E-state index is 13.9. The Morgan fingerprint density at radius 3 is 2.62 bits per heavy atom. The normalized spacial score (nSPS) is 14.5. The monoisotopic (exact) mass is 480 g/mol. The van der Waals surface area contributed by atoms with E-state index in [9.17, 15) is 13.6 Å². The second-order valence-electron chi connectivity index (χ2n) is 8.08. The smallest absolute Gasteiger partial charge is 0.257 e. The first-order valence-corrected chi connectivity index (χ1v) is 12.0. The lowest BCUT2D eigenvalue weighted by Gasteiger charge is -2.32. The number of benzene rings is 3. The summed E-state index contributed by atoms with van der Waals surface area (Å²) >= 11 is 1.45. The molecule has 34 heavy (non-hydrogen) atoms. The van der Waals surface area contributed by atoms with Gasteiger partial charge in [-0.1, -0.05) is 42.1 Å². The van der Waals surface area contributed by atoms with E-state index in [4.69, 9.17) is 9.15 Å². The van der Waals surface area contributed by atoms with Gasteiger partial charge in [-0.25, -0.2) is 13.8 Å². The van der Waals surface area contributed by atoms with E-state index >= 15 is 0 Å². The lowest BCUT2D eigenvalue weighted by molar-refractivity contribution is 0.0587. The first-order chi connectivity index (χ1) is 16.6. The standard InChI is InChI=1S/C26H22F2N2O3S/c27-18-9-10-23(21(28)15-18)32-19-11-13-30(14-12-19)25(31)20-6-2-1-5-17(20)16-34-26-29-22-7-3-4-8-24(22)33-26/h1-10,15,19H,11-14,16H2. The molecule has 1 aromatic heterocycles. The van der Waals surface area contributed by atoms with Crippen LogP contribution < -0.4 is 4.74 Å². The highest BCUT2D eigenvalue weighted by molar-refractivity contribution is 7.98. The third-order valence-electron chi connectivity index (χ3n) is 5.79. The number of piperidine rings is 1. The number of hydrogen-bond donors (Lipinski definition) is 0. The minimum absolute atomic E-state index is 0.0349. The zero-order valence-electron chi connectivity index (χ0n) is 18.2. The molecule has 2 heterocycles. The average Bonchev–Trinajstić information content (AvgIpc) is 3.28. The van der Waals surface area contributed by atoms with Gasteiger partial charge in [0.25, 0.3) is 11.1 Å². The summed E-state index contributed by atoms with van der Waals surface area (Å²) in [5, 5.41) is 0.564. The van der Waals surface area contributed by atoms with E-state index in [1.165, 1.54) is 23.9 Å². The SMILES string of the molecule is O=C(c1ccccc1CSc1nc2ccccc2o1)N1CCC(Oc2ccc(F)cc2F)CC1. The number of rotatable bonds is 6. The summed E-state index contributed by atoms with van der Waals surface area (Å²) in [4.78, 5) is 19.5. The Labute approximate surface area is 199 Å². The van der Waals surface area contributed by atoms with Crippen LogP contribution in [0.15, 0.2) is 76.4 Å². The highest BCUT2D eigenvalue weighted by Crippen LogP contribution is 2.28. The van der Waals surface area contributed by atoms with E-state index in [-0.39, 0.29) is 17.8 Å². The molecule has 0 saturated carbocycles. The van der Waals surface area contributed by atoms with Crippen LogP contribution in [0.3, 0.4) is 0 Å². The molecular weight excluding hydrogens is 458 g/mol. The van der Waals surface area contributed by atoms with E-state index in [0.29, 0.717) is 42.5 Å². The third kappa shape index (κ3) is 4.92. The number of carbonyl (C=O) groups excluding carboxylic acids is 1. The molecule has 0 unspecified atom stereocenters. The number of amides is 1. The summed E-state index contributed by atoms with van der Waals surface area (Å²) in [5.74, 6) is -0.812. The summed E-state index contributed by atoms with van der Waals surface area (Å²) in [6.45, 7) is 0.998. The largest absolute Gasteiger partial charge is 0.487 e. The summed E-state index contributed by atoms with van der Waals surface area (Å²) in [7, 11) is 0. The number of oxazole rings is 1. The van der Waals surface area contributed by atoms with Crippen LogP contribution in [0.5, 0.6) is 5.75 Å². The highest BCUT2D eigenvalue weighted by atomic mass is 32.2. The molecule has 3 aromatic carbocycles. The van der Waals surface area contributed by atoms with E-state index in [1.54, 1.807) is 4.90 Å². The fraction of sp³-hybridized carbons (Fsp3) is 0.231. The molecule has 1 aliphatic rings. The number of para-hydroxylation sites is 2. The van der Waals surface area contributed by atoms with Crippen LogP contribution >= 0.6 is 11.8 Å².